The number of benzene rings is 1. The number of hydrogen-bond acceptors (Lipinski definition) is 4. The number of fused-ring (bicyclic) bond motifs is 1. The Morgan fingerprint density at radius 1 is 1.35 bits per heavy atom. The molecular formula is C15H22N4O. The molecule has 0 saturated carbocycles. The molecule has 0 aromatic heterocycles. The summed E-state index contributed by atoms with van der Waals surface area (Å²) in [6.45, 7) is 4.32. The number of nitrogens with two attached hydrogens (primary N) is 1. The molecule has 2 heterocycles. The highest BCUT2D eigenvalue weighted by Crippen LogP contribution is 2.29. The van der Waals surface area contributed by atoms with Crippen molar-refractivity contribution >= 4 is 17.3 Å². The molecule has 5 heteroatoms. The predicted octanol–water partition coefficient (Wildman–Crippen LogP) is 0.913. The molecule has 20 heavy (non-hydrogen) atoms. The Morgan fingerprint density at radius 2 is 2.20 bits per heavy atom. The number of piperazine rings is 1. The van der Waals surface area contributed by atoms with Crippen LogP contribution in [0.5, 0.6) is 0 Å². The van der Waals surface area contributed by atoms with E-state index in [4.69, 9.17) is 5.73 Å². The van der Waals surface area contributed by atoms with E-state index in [1.807, 2.05) is 12.1 Å². The molecule has 2 fully saturated rings. The summed E-state index contributed by atoms with van der Waals surface area (Å²) >= 11 is 0. The van der Waals surface area contributed by atoms with Crippen LogP contribution in [0.25, 0.3) is 0 Å². The largest absolute Gasteiger partial charge is 0.397 e. The van der Waals surface area contributed by atoms with Gasteiger partial charge in [0.2, 0.25) is 0 Å². The molecule has 1 unspecified atom stereocenters. The molecule has 3 rings (SSSR count). The van der Waals surface area contributed by atoms with E-state index in [-0.39, 0.29) is 5.91 Å². The highest BCUT2D eigenvalue weighted by Gasteiger charge is 2.31. The normalized spacial score (nSPS) is 22.6. The Kier molecular flexibility index (Phi) is 3.53. The summed E-state index contributed by atoms with van der Waals surface area (Å²) < 4.78 is 0. The topological polar surface area (TPSA) is 61.6 Å². The Hall–Kier alpha value is -1.75. The van der Waals surface area contributed by atoms with Gasteiger partial charge in [-0.3, -0.25) is 9.69 Å². The van der Waals surface area contributed by atoms with Crippen molar-refractivity contribution in [3.05, 3.63) is 23.8 Å². The van der Waals surface area contributed by atoms with E-state index in [0.29, 0.717) is 11.6 Å². The first-order valence-electron chi connectivity index (χ1n) is 7.29. The van der Waals surface area contributed by atoms with Crippen molar-refractivity contribution in [1.29, 1.82) is 0 Å². The maximum absolute atomic E-state index is 11.8. The lowest BCUT2D eigenvalue weighted by Gasteiger charge is -2.39. The van der Waals surface area contributed by atoms with Gasteiger partial charge in [0.1, 0.15) is 0 Å². The Morgan fingerprint density at radius 3 is 3.00 bits per heavy atom. The van der Waals surface area contributed by atoms with E-state index >= 15 is 0 Å². The van der Waals surface area contributed by atoms with Gasteiger partial charge in [-0.15, -0.1) is 0 Å². The van der Waals surface area contributed by atoms with Crippen molar-refractivity contribution in [2.24, 2.45) is 0 Å². The average Bonchev–Trinajstić information content (AvgIpc) is 2.94. The first kappa shape index (κ1) is 13.2. The van der Waals surface area contributed by atoms with E-state index in [9.17, 15) is 4.79 Å². The van der Waals surface area contributed by atoms with Crippen molar-refractivity contribution in [2.45, 2.75) is 18.9 Å². The van der Waals surface area contributed by atoms with Crippen molar-refractivity contribution in [2.75, 3.05) is 43.9 Å². The fraction of sp³-hybridized carbons (Fsp3) is 0.533. The number of anilines is 2. The van der Waals surface area contributed by atoms with Crippen LogP contribution in [0.2, 0.25) is 0 Å². The lowest BCUT2D eigenvalue weighted by Crippen LogP contribution is -2.50. The fourth-order valence-corrected chi connectivity index (χ4v) is 3.31. The zero-order chi connectivity index (χ0) is 14.1. The Labute approximate surface area is 119 Å². The molecule has 2 aliphatic heterocycles. The number of nitrogens with one attached hydrogen (secondary N) is 1. The molecule has 1 amide bonds. The van der Waals surface area contributed by atoms with Crippen LogP contribution in [0, 0.1) is 0 Å². The standard InChI is InChI=1S/C15H22N4O/c1-17-15(20)11-4-5-13(16)14(9-11)19-8-7-18-6-2-3-12(18)10-19/h4-5,9,12H,2-3,6-8,10,16H2,1H3,(H,17,20). The third-order valence-electron chi connectivity index (χ3n) is 4.45. The first-order chi connectivity index (χ1) is 9.69. The molecule has 0 bridgehead atoms. The third kappa shape index (κ3) is 2.33. The van der Waals surface area contributed by atoms with Crippen LogP contribution < -0.4 is 16.0 Å². The van der Waals surface area contributed by atoms with Gasteiger partial charge in [0.25, 0.3) is 5.91 Å². The van der Waals surface area contributed by atoms with E-state index in [2.05, 4.69) is 15.1 Å². The molecule has 108 valence electrons. The molecule has 0 aliphatic carbocycles. The maximum atomic E-state index is 11.8. The van der Waals surface area contributed by atoms with E-state index in [1.54, 1.807) is 13.1 Å². The van der Waals surface area contributed by atoms with Gasteiger partial charge in [0.05, 0.1) is 11.4 Å². The molecule has 0 spiro atoms. The highest BCUT2D eigenvalue weighted by atomic mass is 16.1. The number of carbonyl (C=O) groups is 1. The monoisotopic (exact) mass is 274 g/mol. The van der Waals surface area contributed by atoms with E-state index in [0.717, 1.165) is 31.0 Å². The van der Waals surface area contributed by atoms with Crippen LogP contribution >= 0.6 is 0 Å². The van der Waals surface area contributed by atoms with E-state index < -0.39 is 0 Å². The van der Waals surface area contributed by atoms with Crippen LogP contribution in [0.15, 0.2) is 18.2 Å². The van der Waals surface area contributed by atoms with Crippen LogP contribution in [0.1, 0.15) is 23.2 Å². The zero-order valence-corrected chi connectivity index (χ0v) is 11.9. The zero-order valence-electron chi connectivity index (χ0n) is 11.9. The predicted molar refractivity (Wildman–Crippen MR) is 81.1 cm³/mol. The van der Waals surface area contributed by atoms with Crippen LogP contribution in [0.3, 0.4) is 0 Å². The molecule has 1 atom stereocenters. The summed E-state index contributed by atoms with van der Waals surface area (Å²) in [6, 6.07) is 6.18. The van der Waals surface area contributed by atoms with Gasteiger partial charge in [-0.1, -0.05) is 0 Å². The van der Waals surface area contributed by atoms with Crippen LogP contribution in [0.4, 0.5) is 11.4 Å². The van der Waals surface area contributed by atoms with Gasteiger partial charge >= 0.3 is 0 Å². The molecule has 5 nitrogen and oxygen atoms in total. The molecule has 2 aliphatic rings. The minimum atomic E-state index is -0.0641. The number of rotatable bonds is 2. The second-order valence-corrected chi connectivity index (χ2v) is 5.63. The minimum Gasteiger partial charge on any atom is -0.397 e. The average molecular weight is 274 g/mol. The molecule has 3 N–H and O–H groups in total. The van der Waals surface area contributed by atoms with E-state index in [1.165, 1.54) is 19.4 Å². The number of carbonyl (C=O) groups excluding carboxylic acids is 1. The number of nitrogen functional groups attached to an aromatic ring is 1. The molecule has 1 aromatic carbocycles. The van der Waals surface area contributed by atoms with Crippen molar-refractivity contribution in [1.82, 2.24) is 10.2 Å². The van der Waals surface area contributed by atoms with Gasteiger partial charge in [-0.25, -0.2) is 0 Å². The molecule has 1 aromatic rings. The van der Waals surface area contributed by atoms with Gasteiger partial charge in [0, 0.05) is 38.3 Å². The van der Waals surface area contributed by atoms with Gasteiger partial charge in [-0.05, 0) is 37.6 Å². The lowest BCUT2D eigenvalue weighted by atomic mass is 10.1. The van der Waals surface area contributed by atoms with Crippen molar-refractivity contribution in [3.8, 4) is 0 Å². The number of nitrogens with zero attached hydrogens (tertiary/aromatic N) is 2. The van der Waals surface area contributed by atoms with Crippen LogP contribution in [-0.2, 0) is 0 Å². The summed E-state index contributed by atoms with van der Waals surface area (Å²) in [6.07, 6.45) is 2.57. The quantitative estimate of drug-likeness (QED) is 0.787. The molecule has 0 radical (unpaired) electrons. The summed E-state index contributed by atoms with van der Waals surface area (Å²) in [7, 11) is 1.65. The summed E-state index contributed by atoms with van der Waals surface area (Å²) in [5.74, 6) is -0.0641. The Balaban J connectivity index is 1.84. The fourth-order valence-electron chi connectivity index (χ4n) is 3.31. The van der Waals surface area contributed by atoms with Crippen molar-refractivity contribution < 1.29 is 4.79 Å². The first-order valence-corrected chi connectivity index (χ1v) is 7.29. The van der Waals surface area contributed by atoms with Crippen LogP contribution in [-0.4, -0.2) is 50.1 Å². The Bertz CT molecular complexity index is 517. The number of amides is 1. The van der Waals surface area contributed by atoms with Crippen molar-refractivity contribution in [3.63, 3.8) is 0 Å². The second kappa shape index (κ2) is 5.32. The summed E-state index contributed by atoms with van der Waals surface area (Å²) in [5.41, 5.74) is 8.54. The minimum absolute atomic E-state index is 0.0641. The van der Waals surface area contributed by atoms with Gasteiger partial charge < -0.3 is 16.0 Å². The summed E-state index contributed by atoms with van der Waals surface area (Å²) in [5, 5.41) is 2.66. The lowest BCUT2D eigenvalue weighted by molar-refractivity contribution is 0.0963. The smallest absolute Gasteiger partial charge is 0.251 e. The maximum Gasteiger partial charge on any atom is 0.251 e. The molecule has 2 saturated heterocycles. The summed E-state index contributed by atoms with van der Waals surface area (Å²) in [4.78, 5) is 16.7. The highest BCUT2D eigenvalue weighted by molar-refractivity contribution is 5.96. The second-order valence-electron chi connectivity index (χ2n) is 5.63. The SMILES string of the molecule is CNC(=O)c1ccc(N)c(N2CCN3CCCC3C2)c1. The van der Waals surface area contributed by atoms with Gasteiger partial charge in [0.15, 0.2) is 0 Å². The third-order valence-corrected chi connectivity index (χ3v) is 4.45. The number of hydrogen-bond donors (Lipinski definition) is 2. The molecular weight excluding hydrogens is 252 g/mol. The van der Waals surface area contributed by atoms with Gasteiger partial charge in [-0.2, -0.15) is 0 Å².